The van der Waals surface area contributed by atoms with Crippen LogP contribution in [0.15, 0.2) is 0 Å². The van der Waals surface area contributed by atoms with Crippen molar-refractivity contribution in [2.45, 2.75) is 18.3 Å². The first-order chi connectivity index (χ1) is 4.86. The van der Waals surface area contributed by atoms with E-state index >= 15 is 0 Å². The first-order valence-electron chi connectivity index (χ1n) is 2.83. The van der Waals surface area contributed by atoms with Crippen LogP contribution in [-0.2, 0) is 9.53 Å². The molecular weight excluding hydrogens is 218 g/mol. The van der Waals surface area contributed by atoms with Crippen LogP contribution in [0.25, 0.3) is 0 Å². The molecule has 1 unspecified atom stereocenters. The molecule has 0 bridgehead atoms. The van der Waals surface area contributed by atoms with E-state index in [4.69, 9.17) is 0 Å². The number of carbonyl (C=O) groups is 1. The number of carbonyl (C=O) groups excluding carboxylic acids is 1. The van der Waals surface area contributed by atoms with Crippen LogP contribution in [0.4, 0.5) is 0 Å². The fourth-order valence-corrected chi connectivity index (χ4v) is 0.401. The summed E-state index contributed by atoms with van der Waals surface area (Å²) in [6.45, 7) is 2.24. The van der Waals surface area contributed by atoms with E-state index in [1.54, 1.807) is 0 Å². The Morgan fingerprint density at radius 2 is 2.27 bits per heavy atom. The Hall–Kier alpha value is -0.650. The molecule has 11 heavy (non-hydrogen) atoms. The molecule has 1 atom stereocenters. The number of nitro groups is 1. The maximum atomic E-state index is 10.2. The standard InChI is InChI=1S/C5H8BrNO4/c1-4(8)11-3-5(2,6)7(9)10/h3H2,1-2H3. The molecule has 0 spiro atoms. The van der Waals surface area contributed by atoms with Crippen molar-refractivity contribution in [3.05, 3.63) is 10.1 Å². The topological polar surface area (TPSA) is 69.4 Å². The van der Waals surface area contributed by atoms with Gasteiger partial charge < -0.3 is 4.74 Å². The first-order valence-corrected chi connectivity index (χ1v) is 3.62. The Kier molecular flexibility index (Phi) is 3.44. The summed E-state index contributed by atoms with van der Waals surface area (Å²) in [4.78, 5) is 19.9. The molecular formula is C5H8BrNO4. The number of alkyl halides is 1. The fourth-order valence-electron chi connectivity index (χ4n) is 0.286. The number of esters is 1. The predicted octanol–water partition coefficient (Wildman–Crippen LogP) is 0.937. The van der Waals surface area contributed by atoms with Gasteiger partial charge in [0, 0.05) is 34.7 Å². The maximum Gasteiger partial charge on any atom is 0.305 e. The van der Waals surface area contributed by atoms with E-state index in [0.29, 0.717) is 0 Å². The minimum atomic E-state index is -1.38. The molecule has 0 radical (unpaired) electrons. The number of hydrogen-bond acceptors (Lipinski definition) is 4. The van der Waals surface area contributed by atoms with Gasteiger partial charge in [-0.15, -0.1) is 0 Å². The van der Waals surface area contributed by atoms with Gasteiger partial charge in [-0.25, -0.2) is 0 Å². The van der Waals surface area contributed by atoms with Crippen LogP contribution in [0.5, 0.6) is 0 Å². The molecule has 0 rings (SSSR count). The number of rotatable bonds is 3. The highest BCUT2D eigenvalue weighted by Gasteiger charge is 2.34. The fraction of sp³-hybridized carbons (Fsp3) is 0.800. The molecule has 64 valence electrons. The Morgan fingerprint density at radius 1 is 1.82 bits per heavy atom. The lowest BCUT2D eigenvalue weighted by atomic mass is 10.4. The molecule has 0 aliphatic rings. The summed E-state index contributed by atoms with van der Waals surface area (Å²) in [6, 6.07) is 0. The average molecular weight is 226 g/mol. The van der Waals surface area contributed by atoms with Crippen molar-refractivity contribution in [3.8, 4) is 0 Å². The van der Waals surface area contributed by atoms with Crippen molar-refractivity contribution in [2.75, 3.05) is 6.61 Å². The van der Waals surface area contributed by atoms with Crippen LogP contribution in [0, 0.1) is 10.1 Å². The molecule has 0 fully saturated rings. The zero-order valence-corrected chi connectivity index (χ0v) is 7.75. The van der Waals surface area contributed by atoms with Crippen LogP contribution in [0.2, 0.25) is 0 Å². The summed E-state index contributed by atoms with van der Waals surface area (Å²) in [5, 5.41) is 10.2. The second-order valence-corrected chi connectivity index (χ2v) is 3.89. The molecule has 0 aromatic carbocycles. The molecule has 0 heterocycles. The average Bonchev–Trinajstić information content (AvgIpc) is 1.84. The number of ether oxygens (including phenoxy) is 1. The van der Waals surface area contributed by atoms with Crippen molar-refractivity contribution in [3.63, 3.8) is 0 Å². The predicted molar refractivity (Wildman–Crippen MR) is 41.0 cm³/mol. The lowest BCUT2D eigenvalue weighted by molar-refractivity contribution is -0.533. The van der Waals surface area contributed by atoms with Crippen molar-refractivity contribution in [2.24, 2.45) is 0 Å². The molecule has 0 amide bonds. The monoisotopic (exact) mass is 225 g/mol. The summed E-state index contributed by atoms with van der Waals surface area (Å²) in [5.41, 5.74) is 0. The molecule has 0 N–H and O–H groups in total. The van der Waals surface area contributed by atoms with Gasteiger partial charge in [-0.3, -0.25) is 14.9 Å². The van der Waals surface area contributed by atoms with Crippen molar-refractivity contribution < 1.29 is 14.5 Å². The van der Waals surface area contributed by atoms with E-state index in [2.05, 4.69) is 20.7 Å². The summed E-state index contributed by atoms with van der Waals surface area (Å²) in [7, 11) is 0. The highest BCUT2D eigenvalue weighted by atomic mass is 79.9. The molecule has 6 heteroatoms. The third kappa shape index (κ3) is 3.92. The molecule has 0 aliphatic heterocycles. The molecule has 0 aliphatic carbocycles. The van der Waals surface area contributed by atoms with Gasteiger partial charge in [0.05, 0.1) is 0 Å². The molecule has 0 saturated carbocycles. The van der Waals surface area contributed by atoms with Gasteiger partial charge in [-0.1, -0.05) is 0 Å². The second-order valence-electron chi connectivity index (χ2n) is 2.18. The van der Waals surface area contributed by atoms with Gasteiger partial charge in [0.25, 0.3) is 0 Å². The molecule has 0 saturated heterocycles. The van der Waals surface area contributed by atoms with Gasteiger partial charge in [0.15, 0.2) is 6.61 Å². The highest BCUT2D eigenvalue weighted by molar-refractivity contribution is 9.10. The van der Waals surface area contributed by atoms with E-state index in [1.165, 1.54) is 13.8 Å². The lowest BCUT2D eigenvalue weighted by Crippen LogP contribution is -2.33. The lowest BCUT2D eigenvalue weighted by Gasteiger charge is -2.12. The van der Waals surface area contributed by atoms with Gasteiger partial charge in [0.1, 0.15) is 0 Å². The third-order valence-corrected chi connectivity index (χ3v) is 1.44. The Morgan fingerprint density at radius 3 is 2.55 bits per heavy atom. The summed E-state index contributed by atoms with van der Waals surface area (Å²) < 4.78 is 3.06. The van der Waals surface area contributed by atoms with E-state index in [9.17, 15) is 14.9 Å². The Balaban J connectivity index is 3.92. The third-order valence-electron chi connectivity index (χ3n) is 0.920. The molecule has 0 aromatic heterocycles. The largest absolute Gasteiger partial charge is 0.457 e. The Labute approximate surface area is 72.0 Å². The van der Waals surface area contributed by atoms with Crippen LogP contribution in [0.1, 0.15) is 13.8 Å². The zero-order valence-electron chi connectivity index (χ0n) is 6.17. The summed E-state index contributed by atoms with van der Waals surface area (Å²) in [6.07, 6.45) is 0. The molecule has 0 aromatic rings. The number of halogens is 1. The van der Waals surface area contributed by atoms with Gasteiger partial charge >= 0.3 is 10.4 Å². The Bertz CT molecular complexity index is 179. The first kappa shape index (κ1) is 10.3. The summed E-state index contributed by atoms with van der Waals surface area (Å²) in [5.74, 6) is -0.530. The van der Waals surface area contributed by atoms with Gasteiger partial charge in [-0.05, 0) is 0 Å². The number of hydrogen-bond donors (Lipinski definition) is 0. The van der Waals surface area contributed by atoms with Crippen LogP contribution in [-0.4, -0.2) is 21.9 Å². The minimum Gasteiger partial charge on any atom is -0.457 e. The highest BCUT2D eigenvalue weighted by Crippen LogP contribution is 2.17. The van der Waals surface area contributed by atoms with Crippen molar-refractivity contribution >= 4 is 21.9 Å². The SMILES string of the molecule is CC(=O)OCC(C)(Br)[N+](=O)[O-]. The maximum absolute atomic E-state index is 10.2. The van der Waals surface area contributed by atoms with E-state index in [-0.39, 0.29) is 6.61 Å². The van der Waals surface area contributed by atoms with Gasteiger partial charge in [-0.2, -0.15) is 0 Å². The summed E-state index contributed by atoms with van der Waals surface area (Å²) >= 11 is 2.80. The zero-order chi connectivity index (χ0) is 9.07. The second kappa shape index (κ2) is 3.66. The normalized spacial score (nSPS) is 15.2. The smallest absolute Gasteiger partial charge is 0.305 e. The van der Waals surface area contributed by atoms with E-state index in [1.807, 2.05) is 0 Å². The quantitative estimate of drug-likeness (QED) is 0.236. The van der Waals surface area contributed by atoms with Crippen LogP contribution < -0.4 is 0 Å². The van der Waals surface area contributed by atoms with E-state index < -0.39 is 15.3 Å². The van der Waals surface area contributed by atoms with Crippen LogP contribution in [0.3, 0.4) is 0 Å². The number of nitrogens with zero attached hydrogens (tertiary/aromatic N) is 1. The van der Waals surface area contributed by atoms with Crippen molar-refractivity contribution in [1.82, 2.24) is 0 Å². The van der Waals surface area contributed by atoms with Gasteiger partial charge in [0.2, 0.25) is 0 Å². The molecule has 5 nitrogen and oxygen atoms in total. The minimum absolute atomic E-state index is 0.269. The van der Waals surface area contributed by atoms with Crippen LogP contribution >= 0.6 is 15.9 Å². The van der Waals surface area contributed by atoms with Crippen molar-refractivity contribution in [1.29, 1.82) is 0 Å². The van der Waals surface area contributed by atoms with E-state index in [0.717, 1.165) is 0 Å².